The van der Waals surface area contributed by atoms with Gasteiger partial charge in [-0.1, -0.05) is 31.9 Å². The highest BCUT2D eigenvalue weighted by molar-refractivity contribution is 5.96. The van der Waals surface area contributed by atoms with Crippen molar-refractivity contribution in [2.24, 2.45) is 5.92 Å². The van der Waals surface area contributed by atoms with Crippen molar-refractivity contribution < 1.29 is 14.3 Å². The number of ether oxygens (including phenoxy) is 1. The lowest BCUT2D eigenvalue weighted by Crippen LogP contribution is -2.47. The Hall–Kier alpha value is -2.86. The monoisotopic (exact) mass is 423 g/mol. The topological polar surface area (TPSA) is 79.5 Å². The Morgan fingerprint density at radius 1 is 1.13 bits per heavy atom. The van der Waals surface area contributed by atoms with E-state index in [1.165, 1.54) is 0 Å². The summed E-state index contributed by atoms with van der Waals surface area (Å²) in [7, 11) is 1.65. The predicted molar refractivity (Wildman–Crippen MR) is 123 cm³/mol. The molecular weight excluding hydrogens is 390 g/mol. The maximum atomic E-state index is 12.8. The standard InChI is InChI=1S/C25H33N3O3/c1-3-4-15-26-23(17-18-7-5-10-22(16-18)31-2)28-25(30)20-11-13-21(14-12-20)27-24(29)19-8-6-9-19/h5,7,10-14,16,19,23,26H,3-4,6,8-9,15,17H2,1-2H3,(H,27,29)(H,28,30)/t23-/m1/s1. The molecule has 3 rings (SSSR count). The SMILES string of the molecule is CCCCN[C@@H](Cc1cccc(OC)c1)NC(=O)c1ccc(NC(=O)C2CCC2)cc1. The number of methoxy groups -OCH3 is 1. The van der Waals surface area contributed by atoms with E-state index in [9.17, 15) is 9.59 Å². The molecule has 3 N–H and O–H groups in total. The van der Waals surface area contributed by atoms with Crippen LogP contribution in [0, 0.1) is 5.92 Å². The lowest BCUT2D eigenvalue weighted by atomic mass is 9.85. The normalized spacial score (nSPS) is 14.4. The minimum atomic E-state index is -0.191. The van der Waals surface area contributed by atoms with Crippen LogP contribution < -0.4 is 20.7 Å². The van der Waals surface area contributed by atoms with Crippen LogP contribution in [0.3, 0.4) is 0 Å². The van der Waals surface area contributed by atoms with E-state index >= 15 is 0 Å². The van der Waals surface area contributed by atoms with Gasteiger partial charge in [0, 0.05) is 23.6 Å². The second-order valence-electron chi connectivity index (χ2n) is 8.08. The molecule has 0 saturated heterocycles. The number of hydrogen-bond donors (Lipinski definition) is 3. The molecule has 0 aliphatic heterocycles. The van der Waals surface area contributed by atoms with Crippen molar-refractivity contribution in [2.45, 2.75) is 51.6 Å². The molecule has 0 aromatic heterocycles. The fraction of sp³-hybridized carbons (Fsp3) is 0.440. The van der Waals surface area contributed by atoms with E-state index in [1.807, 2.05) is 24.3 Å². The third kappa shape index (κ3) is 6.82. The molecule has 1 atom stereocenters. The summed E-state index contributed by atoms with van der Waals surface area (Å²) in [5.74, 6) is 0.862. The number of benzene rings is 2. The Bertz CT molecular complexity index is 863. The lowest BCUT2D eigenvalue weighted by molar-refractivity contribution is -0.122. The van der Waals surface area contributed by atoms with Gasteiger partial charge in [0.05, 0.1) is 13.3 Å². The number of nitrogens with one attached hydrogen (secondary N) is 3. The third-order valence-electron chi connectivity index (χ3n) is 5.69. The zero-order valence-electron chi connectivity index (χ0n) is 18.4. The van der Waals surface area contributed by atoms with Gasteiger partial charge >= 0.3 is 0 Å². The molecule has 1 aliphatic carbocycles. The predicted octanol–water partition coefficient (Wildman–Crippen LogP) is 4.12. The molecule has 0 spiro atoms. The van der Waals surface area contributed by atoms with Gasteiger partial charge in [-0.15, -0.1) is 0 Å². The van der Waals surface area contributed by atoms with E-state index in [0.29, 0.717) is 12.0 Å². The Labute approximate surface area is 184 Å². The fourth-order valence-corrected chi connectivity index (χ4v) is 3.52. The van der Waals surface area contributed by atoms with Gasteiger partial charge in [-0.2, -0.15) is 0 Å². The number of carbonyl (C=O) groups excluding carboxylic acids is 2. The maximum Gasteiger partial charge on any atom is 0.252 e. The number of carbonyl (C=O) groups is 2. The molecule has 0 radical (unpaired) electrons. The minimum Gasteiger partial charge on any atom is -0.497 e. The first kappa shape index (κ1) is 22.8. The van der Waals surface area contributed by atoms with Crippen LogP contribution >= 0.6 is 0 Å². The molecular formula is C25H33N3O3. The zero-order chi connectivity index (χ0) is 22.1. The fourth-order valence-electron chi connectivity index (χ4n) is 3.52. The van der Waals surface area contributed by atoms with Crippen molar-refractivity contribution in [3.05, 3.63) is 59.7 Å². The van der Waals surface area contributed by atoms with E-state index in [-0.39, 0.29) is 23.9 Å². The first-order valence-corrected chi connectivity index (χ1v) is 11.2. The summed E-state index contributed by atoms with van der Waals surface area (Å²) in [6.07, 6.45) is 5.64. The van der Waals surface area contributed by atoms with Crippen molar-refractivity contribution >= 4 is 17.5 Å². The first-order valence-electron chi connectivity index (χ1n) is 11.2. The number of rotatable bonds is 11. The Morgan fingerprint density at radius 3 is 2.55 bits per heavy atom. The number of unbranched alkanes of at least 4 members (excludes halogenated alkanes) is 1. The van der Waals surface area contributed by atoms with Gasteiger partial charge in [0.25, 0.3) is 5.91 Å². The molecule has 2 aromatic rings. The lowest BCUT2D eigenvalue weighted by Gasteiger charge is -2.24. The van der Waals surface area contributed by atoms with Crippen molar-refractivity contribution in [1.29, 1.82) is 0 Å². The summed E-state index contributed by atoms with van der Waals surface area (Å²) < 4.78 is 5.31. The Kier molecular flexibility index (Phi) is 8.47. The van der Waals surface area contributed by atoms with Gasteiger partial charge in [-0.3, -0.25) is 14.9 Å². The van der Waals surface area contributed by atoms with Crippen molar-refractivity contribution in [2.75, 3.05) is 19.0 Å². The van der Waals surface area contributed by atoms with Gasteiger partial charge in [0.2, 0.25) is 5.91 Å². The average Bonchev–Trinajstić information content (AvgIpc) is 2.73. The maximum absolute atomic E-state index is 12.8. The molecule has 2 aromatic carbocycles. The van der Waals surface area contributed by atoms with Crippen LogP contribution in [-0.2, 0) is 11.2 Å². The highest BCUT2D eigenvalue weighted by Crippen LogP contribution is 2.27. The van der Waals surface area contributed by atoms with Gasteiger partial charge in [0.15, 0.2) is 0 Å². The Morgan fingerprint density at radius 2 is 1.90 bits per heavy atom. The second-order valence-corrected chi connectivity index (χ2v) is 8.08. The molecule has 6 nitrogen and oxygen atoms in total. The number of hydrogen-bond acceptors (Lipinski definition) is 4. The van der Waals surface area contributed by atoms with E-state index < -0.39 is 0 Å². The summed E-state index contributed by atoms with van der Waals surface area (Å²) in [5.41, 5.74) is 2.37. The van der Waals surface area contributed by atoms with Gasteiger partial charge in [-0.05, 0) is 67.8 Å². The van der Waals surface area contributed by atoms with E-state index in [4.69, 9.17) is 4.74 Å². The number of amides is 2. The molecule has 1 aliphatic rings. The van der Waals surface area contributed by atoms with Crippen LogP contribution in [0.25, 0.3) is 0 Å². The molecule has 0 heterocycles. The van der Waals surface area contributed by atoms with Crippen molar-refractivity contribution in [3.63, 3.8) is 0 Å². The first-order chi connectivity index (χ1) is 15.1. The van der Waals surface area contributed by atoms with Crippen LogP contribution in [0.2, 0.25) is 0 Å². The smallest absolute Gasteiger partial charge is 0.252 e. The third-order valence-corrected chi connectivity index (χ3v) is 5.69. The average molecular weight is 424 g/mol. The molecule has 2 amide bonds. The van der Waals surface area contributed by atoms with Crippen LogP contribution in [0.5, 0.6) is 5.75 Å². The van der Waals surface area contributed by atoms with Crippen molar-refractivity contribution in [3.8, 4) is 5.75 Å². The second kappa shape index (κ2) is 11.5. The quantitative estimate of drug-likeness (QED) is 0.375. The van der Waals surface area contributed by atoms with Crippen LogP contribution in [0.4, 0.5) is 5.69 Å². The molecule has 166 valence electrons. The van der Waals surface area contributed by atoms with E-state index in [1.54, 1.807) is 31.4 Å². The summed E-state index contributed by atoms with van der Waals surface area (Å²) >= 11 is 0. The zero-order valence-corrected chi connectivity index (χ0v) is 18.4. The largest absolute Gasteiger partial charge is 0.497 e. The van der Waals surface area contributed by atoms with Gasteiger partial charge in [0.1, 0.15) is 5.75 Å². The van der Waals surface area contributed by atoms with Gasteiger partial charge in [-0.25, -0.2) is 0 Å². The summed E-state index contributed by atoms with van der Waals surface area (Å²) in [5, 5.41) is 9.47. The van der Waals surface area contributed by atoms with E-state index in [0.717, 1.165) is 55.6 Å². The van der Waals surface area contributed by atoms with Crippen LogP contribution in [-0.4, -0.2) is 31.6 Å². The van der Waals surface area contributed by atoms with Crippen LogP contribution in [0.15, 0.2) is 48.5 Å². The van der Waals surface area contributed by atoms with Crippen LogP contribution in [0.1, 0.15) is 54.9 Å². The summed E-state index contributed by atoms with van der Waals surface area (Å²) in [4.78, 5) is 24.9. The molecule has 0 bridgehead atoms. The molecule has 31 heavy (non-hydrogen) atoms. The number of anilines is 1. The van der Waals surface area contributed by atoms with Crippen molar-refractivity contribution in [1.82, 2.24) is 10.6 Å². The summed E-state index contributed by atoms with van der Waals surface area (Å²) in [6.45, 7) is 2.97. The van der Waals surface area contributed by atoms with E-state index in [2.05, 4.69) is 22.9 Å². The molecule has 1 fully saturated rings. The highest BCUT2D eigenvalue weighted by atomic mass is 16.5. The molecule has 1 saturated carbocycles. The Balaban J connectivity index is 1.60. The molecule has 6 heteroatoms. The molecule has 0 unspecified atom stereocenters. The van der Waals surface area contributed by atoms with Gasteiger partial charge < -0.3 is 15.4 Å². The highest BCUT2D eigenvalue weighted by Gasteiger charge is 2.25. The summed E-state index contributed by atoms with van der Waals surface area (Å²) in [6, 6.07) is 15.0. The minimum absolute atomic E-state index is 0.0712.